The molecule has 3 nitrogen and oxygen atoms in total. The van der Waals surface area contributed by atoms with E-state index in [2.05, 4.69) is 36.2 Å². The minimum atomic E-state index is 0.0798. The number of rotatable bonds is 6. The highest BCUT2D eigenvalue weighted by Crippen LogP contribution is 2.29. The van der Waals surface area contributed by atoms with Crippen molar-refractivity contribution in [3.8, 4) is 0 Å². The van der Waals surface area contributed by atoms with Gasteiger partial charge >= 0.3 is 0 Å². The predicted octanol–water partition coefficient (Wildman–Crippen LogP) is 5.54. The first-order valence-corrected chi connectivity index (χ1v) is 10.2. The number of aromatic nitrogens is 1. The van der Waals surface area contributed by atoms with Crippen molar-refractivity contribution >= 4 is 33.8 Å². The van der Waals surface area contributed by atoms with E-state index in [9.17, 15) is 4.79 Å². The number of amides is 1. The molecule has 0 saturated carbocycles. The topological polar surface area (TPSA) is 33.2 Å². The van der Waals surface area contributed by atoms with Crippen LogP contribution in [-0.2, 0) is 17.6 Å². The number of carbonyl (C=O) groups excluding carboxylic acids is 1. The lowest BCUT2D eigenvalue weighted by atomic mass is 10.1. The number of thiazole rings is 1. The van der Waals surface area contributed by atoms with Crippen LogP contribution in [0.15, 0.2) is 48.5 Å². The van der Waals surface area contributed by atoms with Crippen LogP contribution in [0.5, 0.6) is 0 Å². The van der Waals surface area contributed by atoms with Crippen LogP contribution in [-0.4, -0.2) is 17.4 Å². The lowest BCUT2D eigenvalue weighted by Crippen LogP contribution is -2.34. The van der Waals surface area contributed by atoms with Gasteiger partial charge in [0.25, 0.3) is 0 Å². The fourth-order valence-electron chi connectivity index (χ4n) is 2.98. The molecule has 0 aliphatic heterocycles. The van der Waals surface area contributed by atoms with Crippen LogP contribution in [0.2, 0.25) is 5.02 Å². The number of aryl methyl sites for hydroxylation is 3. The highest BCUT2D eigenvalue weighted by Gasteiger charge is 2.21. The molecule has 3 aromatic rings. The normalized spacial score (nSPS) is 10.8. The van der Waals surface area contributed by atoms with Gasteiger partial charge in [0.1, 0.15) is 5.00 Å². The van der Waals surface area contributed by atoms with Gasteiger partial charge in [-0.2, -0.15) is 0 Å². The molecular formula is C22H23ClN2OS. The van der Waals surface area contributed by atoms with Crippen LogP contribution < -0.4 is 4.90 Å². The van der Waals surface area contributed by atoms with Gasteiger partial charge in [-0.3, -0.25) is 4.79 Å². The second-order valence-corrected chi connectivity index (χ2v) is 8.33. The Morgan fingerprint density at radius 3 is 2.22 bits per heavy atom. The third kappa shape index (κ3) is 5.18. The van der Waals surface area contributed by atoms with Gasteiger partial charge in [0.15, 0.2) is 0 Å². The molecular weight excluding hydrogens is 376 g/mol. The summed E-state index contributed by atoms with van der Waals surface area (Å²) in [6, 6.07) is 15.9. The van der Waals surface area contributed by atoms with Crippen LogP contribution in [0.3, 0.4) is 0 Å². The van der Waals surface area contributed by atoms with Gasteiger partial charge < -0.3 is 4.90 Å². The molecule has 0 bridgehead atoms. The summed E-state index contributed by atoms with van der Waals surface area (Å²) in [6.45, 7) is 6.66. The van der Waals surface area contributed by atoms with E-state index >= 15 is 0 Å². The zero-order valence-electron chi connectivity index (χ0n) is 15.8. The molecule has 140 valence electrons. The fourth-order valence-corrected chi connectivity index (χ4v) is 4.06. The monoisotopic (exact) mass is 398 g/mol. The van der Waals surface area contributed by atoms with Gasteiger partial charge in [0.05, 0.1) is 17.1 Å². The number of benzene rings is 2. The van der Waals surface area contributed by atoms with Gasteiger partial charge in [-0.15, -0.1) is 11.3 Å². The van der Waals surface area contributed by atoms with Crippen molar-refractivity contribution in [2.75, 3.05) is 11.4 Å². The SMILES string of the molecule is Cc1ccc(CCN(C(=O)Cc2ccc(Cl)cc2)c2sc(C)nc2C)cc1. The lowest BCUT2D eigenvalue weighted by Gasteiger charge is -2.22. The van der Waals surface area contributed by atoms with Crippen LogP contribution in [0.25, 0.3) is 0 Å². The maximum atomic E-state index is 13.1. The van der Waals surface area contributed by atoms with E-state index < -0.39 is 0 Å². The van der Waals surface area contributed by atoms with Crippen molar-refractivity contribution in [3.63, 3.8) is 0 Å². The average Bonchev–Trinajstić information content (AvgIpc) is 2.97. The Kier molecular flexibility index (Phi) is 6.30. The molecule has 0 saturated heterocycles. The van der Waals surface area contributed by atoms with Crippen LogP contribution >= 0.6 is 22.9 Å². The van der Waals surface area contributed by atoms with Crippen LogP contribution in [0, 0.1) is 20.8 Å². The third-order valence-electron chi connectivity index (χ3n) is 4.44. The molecule has 0 atom stereocenters. The summed E-state index contributed by atoms with van der Waals surface area (Å²) in [5.41, 5.74) is 4.33. The maximum absolute atomic E-state index is 13.1. The van der Waals surface area contributed by atoms with E-state index in [4.69, 9.17) is 11.6 Å². The Bertz CT molecular complexity index is 916. The highest BCUT2D eigenvalue weighted by molar-refractivity contribution is 7.16. The Labute approximate surface area is 169 Å². The van der Waals surface area contributed by atoms with Crippen molar-refractivity contribution in [2.45, 2.75) is 33.6 Å². The molecule has 0 unspecified atom stereocenters. The molecule has 0 N–H and O–H groups in total. The molecule has 27 heavy (non-hydrogen) atoms. The van der Waals surface area contributed by atoms with E-state index in [-0.39, 0.29) is 5.91 Å². The largest absolute Gasteiger partial charge is 0.302 e. The molecule has 1 amide bonds. The molecule has 0 spiro atoms. The Balaban J connectivity index is 1.80. The van der Waals surface area contributed by atoms with Crippen molar-refractivity contribution in [1.29, 1.82) is 0 Å². The predicted molar refractivity (Wildman–Crippen MR) is 114 cm³/mol. The molecule has 2 aromatic carbocycles. The van der Waals surface area contributed by atoms with E-state index in [1.54, 1.807) is 11.3 Å². The van der Waals surface area contributed by atoms with Gasteiger partial charge in [0.2, 0.25) is 5.91 Å². The fraction of sp³-hybridized carbons (Fsp3) is 0.273. The summed E-state index contributed by atoms with van der Waals surface area (Å²) < 4.78 is 0. The van der Waals surface area contributed by atoms with Gasteiger partial charge in [-0.1, -0.05) is 53.6 Å². The zero-order valence-corrected chi connectivity index (χ0v) is 17.4. The smallest absolute Gasteiger partial charge is 0.232 e. The first-order valence-electron chi connectivity index (χ1n) is 8.97. The summed E-state index contributed by atoms with van der Waals surface area (Å²) in [5, 5.41) is 2.59. The molecule has 0 radical (unpaired) electrons. The molecule has 5 heteroatoms. The number of hydrogen-bond acceptors (Lipinski definition) is 3. The van der Waals surface area contributed by atoms with Crippen LogP contribution in [0.1, 0.15) is 27.4 Å². The number of hydrogen-bond donors (Lipinski definition) is 0. The van der Waals surface area contributed by atoms with Crippen molar-refractivity contribution in [1.82, 2.24) is 4.98 Å². The third-order valence-corrected chi connectivity index (χ3v) is 5.79. The van der Waals surface area contributed by atoms with E-state index in [1.807, 2.05) is 43.0 Å². The van der Waals surface area contributed by atoms with Crippen LogP contribution in [0.4, 0.5) is 5.00 Å². The molecule has 3 rings (SSSR count). The minimum Gasteiger partial charge on any atom is -0.302 e. The Morgan fingerprint density at radius 1 is 1.00 bits per heavy atom. The number of nitrogens with zero attached hydrogens (tertiary/aromatic N) is 2. The zero-order chi connectivity index (χ0) is 19.4. The van der Waals surface area contributed by atoms with Crippen molar-refractivity contribution < 1.29 is 4.79 Å². The Morgan fingerprint density at radius 2 is 1.63 bits per heavy atom. The summed E-state index contributed by atoms with van der Waals surface area (Å²) in [4.78, 5) is 19.5. The summed E-state index contributed by atoms with van der Waals surface area (Å²) in [6.07, 6.45) is 1.16. The lowest BCUT2D eigenvalue weighted by molar-refractivity contribution is -0.118. The molecule has 0 aliphatic rings. The number of anilines is 1. The quantitative estimate of drug-likeness (QED) is 0.546. The van der Waals surface area contributed by atoms with E-state index in [0.29, 0.717) is 18.0 Å². The average molecular weight is 399 g/mol. The number of carbonyl (C=O) groups is 1. The van der Waals surface area contributed by atoms with E-state index in [0.717, 1.165) is 27.7 Å². The van der Waals surface area contributed by atoms with Crippen molar-refractivity contribution in [3.05, 3.63) is 80.9 Å². The standard InChI is InChI=1S/C22H23ClN2OS/c1-15-4-6-18(7-5-15)12-13-25(22-16(2)24-17(3)27-22)21(26)14-19-8-10-20(23)11-9-19/h4-11H,12-14H2,1-3H3. The van der Waals surface area contributed by atoms with E-state index in [1.165, 1.54) is 11.1 Å². The highest BCUT2D eigenvalue weighted by atomic mass is 35.5. The second-order valence-electron chi connectivity index (χ2n) is 6.71. The minimum absolute atomic E-state index is 0.0798. The first kappa shape index (κ1) is 19.6. The summed E-state index contributed by atoms with van der Waals surface area (Å²) in [5.74, 6) is 0.0798. The molecule has 1 heterocycles. The number of halogens is 1. The Hall–Kier alpha value is -2.17. The molecule has 0 aliphatic carbocycles. The van der Waals surface area contributed by atoms with Gasteiger partial charge in [-0.25, -0.2) is 4.98 Å². The summed E-state index contributed by atoms with van der Waals surface area (Å²) >= 11 is 7.53. The van der Waals surface area contributed by atoms with Gasteiger partial charge in [0, 0.05) is 11.6 Å². The first-order chi connectivity index (χ1) is 12.9. The summed E-state index contributed by atoms with van der Waals surface area (Å²) in [7, 11) is 0. The molecule has 0 fully saturated rings. The van der Waals surface area contributed by atoms with Crippen molar-refractivity contribution in [2.24, 2.45) is 0 Å². The second kappa shape index (κ2) is 8.68. The van der Waals surface area contributed by atoms with Gasteiger partial charge in [-0.05, 0) is 50.5 Å². The molecule has 1 aromatic heterocycles. The maximum Gasteiger partial charge on any atom is 0.232 e.